The van der Waals surface area contributed by atoms with Crippen molar-refractivity contribution >= 4 is 39.4 Å². The average Bonchev–Trinajstić information content (AvgIpc) is 3.57. The second-order valence-electron chi connectivity index (χ2n) is 9.52. The molecule has 2 aliphatic rings. The van der Waals surface area contributed by atoms with Crippen LogP contribution in [0, 0.1) is 5.92 Å². The minimum Gasteiger partial charge on any atom is -0.383 e. The summed E-state index contributed by atoms with van der Waals surface area (Å²) in [5, 5.41) is 8.40. The number of benzene rings is 1. The molecule has 1 saturated heterocycles. The third-order valence-corrected chi connectivity index (χ3v) is 7.22. The molecule has 2 atom stereocenters. The van der Waals surface area contributed by atoms with Crippen LogP contribution in [0.2, 0.25) is 0 Å². The number of pyridine rings is 2. The normalized spacial score (nSPS) is 19.4. The van der Waals surface area contributed by atoms with E-state index in [0.717, 1.165) is 25.1 Å². The Morgan fingerprint density at radius 1 is 1.16 bits per heavy atom. The molecule has 2 amide bonds. The van der Waals surface area contributed by atoms with Gasteiger partial charge >= 0.3 is 6.18 Å². The largest absolute Gasteiger partial charge is 0.433 e. The summed E-state index contributed by atoms with van der Waals surface area (Å²) in [4.78, 5) is 34.9. The van der Waals surface area contributed by atoms with Crippen LogP contribution in [0.5, 0.6) is 0 Å². The van der Waals surface area contributed by atoms with Crippen LogP contribution < -0.4 is 5.73 Å². The summed E-state index contributed by atoms with van der Waals surface area (Å²) in [5.74, 6) is -0.419. The van der Waals surface area contributed by atoms with Crippen LogP contribution >= 0.6 is 0 Å². The number of hydrogen-bond acceptors (Lipinski definition) is 6. The highest BCUT2D eigenvalue weighted by Gasteiger charge is 2.48. The molecular weight excluding hydrogens is 487 g/mol. The van der Waals surface area contributed by atoms with Gasteiger partial charge in [0.25, 0.3) is 5.91 Å². The number of carbonyl (C=O) groups excluding carboxylic acids is 2. The number of aryl methyl sites for hydroxylation is 1. The van der Waals surface area contributed by atoms with Crippen LogP contribution in [0.25, 0.3) is 21.8 Å². The molecule has 37 heavy (non-hydrogen) atoms. The number of fused-ring (bicyclic) bond motifs is 5. The van der Waals surface area contributed by atoms with Crippen LogP contribution in [-0.4, -0.2) is 47.6 Å². The van der Waals surface area contributed by atoms with E-state index in [-0.39, 0.29) is 24.4 Å². The van der Waals surface area contributed by atoms with Crippen molar-refractivity contribution in [1.29, 1.82) is 0 Å². The van der Waals surface area contributed by atoms with Gasteiger partial charge in [-0.2, -0.15) is 18.3 Å². The molecule has 6 rings (SSSR count). The van der Waals surface area contributed by atoms with Gasteiger partial charge in [0.15, 0.2) is 0 Å². The lowest BCUT2D eigenvalue weighted by Gasteiger charge is -2.37. The first kappa shape index (κ1) is 23.2. The number of nitrogens with two attached hydrogens (primary N) is 1. The minimum absolute atomic E-state index is 0.0991. The van der Waals surface area contributed by atoms with E-state index in [1.807, 2.05) is 0 Å². The minimum atomic E-state index is -4.57. The first-order chi connectivity index (χ1) is 17.6. The number of hydrazine groups is 1. The van der Waals surface area contributed by atoms with Gasteiger partial charge in [-0.05, 0) is 49.1 Å². The van der Waals surface area contributed by atoms with E-state index in [4.69, 9.17) is 5.73 Å². The fourth-order valence-corrected chi connectivity index (χ4v) is 5.43. The Kier molecular flexibility index (Phi) is 5.11. The van der Waals surface area contributed by atoms with E-state index < -0.39 is 17.8 Å². The number of nitrogens with zero attached hydrogens (tertiary/aromatic N) is 6. The van der Waals surface area contributed by atoms with Gasteiger partial charge in [-0.3, -0.25) is 19.3 Å². The number of piperidine rings is 1. The fourth-order valence-electron chi connectivity index (χ4n) is 5.43. The van der Waals surface area contributed by atoms with Crippen molar-refractivity contribution in [3.05, 3.63) is 59.5 Å². The van der Waals surface area contributed by atoms with Gasteiger partial charge < -0.3 is 5.73 Å². The molecule has 0 radical (unpaired) electrons. The van der Waals surface area contributed by atoms with Crippen molar-refractivity contribution < 1.29 is 22.8 Å². The van der Waals surface area contributed by atoms with E-state index in [1.165, 1.54) is 16.1 Å². The molecule has 4 aromatic rings. The number of carbonyl (C=O) groups is 2. The van der Waals surface area contributed by atoms with E-state index in [2.05, 4.69) is 15.1 Å². The number of amides is 2. The summed E-state index contributed by atoms with van der Waals surface area (Å²) in [6.45, 7) is -0.0991. The number of rotatable bonds is 4. The van der Waals surface area contributed by atoms with Crippen LogP contribution in [0.1, 0.15) is 40.9 Å². The molecule has 1 aliphatic carbocycles. The zero-order valence-electron chi connectivity index (χ0n) is 19.7. The lowest BCUT2D eigenvalue weighted by molar-refractivity contribution is -0.149. The van der Waals surface area contributed by atoms with Gasteiger partial charge in [0.05, 0.1) is 35.2 Å². The van der Waals surface area contributed by atoms with E-state index in [9.17, 15) is 22.8 Å². The number of nitrogen functional groups attached to an aromatic ring is 1. The second kappa shape index (κ2) is 8.15. The van der Waals surface area contributed by atoms with Crippen molar-refractivity contribution in [3.8, 4) is 0 Å². The molecule has 190 valence electrons. The topological polar surface area (TPSA) is 110 Å². The molecule has 4 heterocycles. The first-order valence-corrected chi connectivity index (χ1v) is 11.8. The van der Waals surface area contributed by atoms with Gasteiger partial charge in [-0.15, -0.1) is 0 Å². The highest BCUT2D eigenvalue weighted by molar-refractivity contribution is 6.10. The first-order valence-electron chi connectivity index (χ1n) is 11.8. The SMILES string of the molecule is Cn1ncc2c(N)nc3ccc(C(=O)N(Cc4ccc(C(F)(F)F)nc4)N4C(=O)[C@@H]5CC[C@H]4C5)cc3c21. The highest BCUT2D eigenvalue weighted by Crippen LogP contribution is 2.40. The molecule has 0 unspecified atom stereocenters. The van der Waals surface area contributed by atoms with Gasteiger partial charge in [-0.1, -0.05) is 6.07 Å². The lowest BCUT2D eigenvalue weighted by atomic mass is 10.1. The molecule has 9 nitrogen and oxygen atoms in total. The smallest absolute Gasteiger partial charge is 0.383 e. The standard InChI is InChI=1S/C25H22F3N7O2/c1-33-21-17-9-15(4-6-19(17)32-22(29)18(21)11-31-33)23(36)34(35-16-5-3-14(8-16)24(35)37)12-13-2-7-20(30-10-13)25(26,27)28/h2,4,6-7,9-11,14,16H,3,5,8,12H2,1H3,(H2,29,32)/t14-,16+/m1/s1. The van der Waals surface area contributed by atoms with Crippen molar-refractivity contribution in [2.24, 2.45) is 13.0 Å². The predicted molar refractivity (Wildman–Crippen MR) is 128 cm³/mol. The number of aromatic nitrogens is 4. The predicted octanol–water partition coefficient (Wildman–Crippen LogP) is 3.69. The molecule has 0 spiro atoms. The third kappa shape index (κ3) is 3.74. The number of halogens is 3. The lowest BCUT2D eigenvalue weighted by Crippen LogP contribution is -2.52. The van der Waals surface area contributed by atoms with Crippen molar-refractivity contribution in [1.82, 2.24) is 29.8 Å². The summed E-state index contributed by atoms with van der Waals surface area (Å²) >= 11 is 0. The number of alkyl halides is 3. The Labute approximate surface area is 208 Å². The molecule has 3 aromatic heterocycles. The van der Waals surface area contributed by atoms with Crippen molar-refractivity contribution in [2.45, 2.75) is 38.0 Å². The quantitative estimate of drug-likeness (QED) is 0.449. The Hall–Kier alpha value is -4.22. The summed E-state index contributed by atoms with van der Waals surface area (Å²) in [6, 6.07) is 7.00. The maximum Gasteiger partial charge on any atom is 0.433 e. The van der Waals surface area contributed by atoms with Crippen molar-refractivity contribution in [3.63, 3.8) is 0 Å². The summed E-state index contributed by atoms with van der Waals surface area (Å²) < 4.78 is 40.7. The summed E-state index contributed by atoms with van der Waals surface area (Å²) in [6.07, 6.45) is 0.318. The van der Waals surface area contributed by atoms with Gasteiger partial charge in [0.1, 0.15) is 11.5 Å². The summed E-state index contributed by atoms with van der Waals surface area (Å²) in [7, 11) is 1.76. The molecule has 1 saturated carbocycles. The fraction of sp³-hybridized carbons (Fsp3) is 0.320. The van der Waals surface area contributed by atoms with Crippen molar-refractivity contribution in [2.75, 3.05) is 5.73 Å². The van der Waals surface area contributed by atoms with Crippen LogP contribution in [0.15, 0.2) is 42.7 Å². The third-order valence-electron chi connectivity index (χ3n) is 7.22. The van der Waals surface area contributed by atoms with Gasteiger partial charge in [0, 0.05) is 30.1 Å². The van der Waals surface area contributed by atoms with Crippen LogP contribution in [0.4, 0.5) is 19.0 Å². The monoisotopic (exact) mass is 509 g/mol. The Morgan fingerprint density at radius 2 is 1.97 bits per heavy atom. The average molecular weight is 509 g/mol. The maximum absolute atomic E-state index is 13.9. The zero-order valence-corrected chi connectivity index (χ0v) is 19.7. The second-order valence-corrected chi connectivity index (χ2v) is 9.52. The molecular formula is C25H22F3N7O2. The van der Waals surface area contributed by atoms with E-state index in [0.29, 0.717) is 45.2 Å². The van der Waals surface area contributed by atoms with Gasteiger partial charge in [0.2, 0.25) is 5.91 Å². The van der Waals surface area contributed by atoms with Crippen LogP contribution in [0.3, 0.4) is 0 Å². The molecule has 1 aliphatic heterocycles. The molecule has 2 bridgehead atoms. The Bertz CT molecular complexity index is 1560. The Morgan fingerprint density at radius 3 is 2.65 bits per heavy atom. The highest BCUT2D eigenvalue weighted by atomic mass is 19.4. The molecule has 2 N–H and O–H groups in total. The van der Waals surface area contributed by atoms with E-state index >= 15 is 0 Å². The Balaban J connectivity index is 1.41. The molecule has 12 heteroatoms. The number of anilines is 1. The van der Waals surface area contributed by atoms with E-state index in [1.54, 1.807) is 36.1 Å². The van der Waals surface area contributed by atoms with Gasteiger partial charge in [-0.25, -0.2) is 15.0 Å². The molecule has 1 aromatic carbocycles. The maximum atomic E-state index is 13.9. The number of hydrogen-bond donors (Lipinski definition) is 1. The summed E-state index contributed by atoms with van der Waals surface area (Å²) in [5.41, 5.74) is 7.03. The van der Waals surface area contributed by atoms with Crippen LogP contribution in [-0.2, 0) is 24.6 Å². The molecule has 2 fully saturated rings. The zero-order chi connectivity index (χ0) is 26.1.